The van der Waals surface area contributed by atoms with Gasteiger partial charge in [-0.15, -0.1) is 0 Å². The molecule has 2 aromatic carbocycles. The summed E-state index contributed by atoms with van der Waals surface area (Å²) < 4.78 is 0. The highest BCUT2D eigenvalue weighted by atomic mass is 35.5. The van der Waals surface area contributed by atoms with Crippen molar-refractivity contribution in [3.63, 3.8) is 0 Å². The molecule has 6 heteroatoms. The van der Waals surface area contributed by atoms with Crippen LogP contribution in [0.2, 0.25) is 5.02 Å². The van der Waals surface area contributed by atoms with Gasteiger partial charge in [0.1, 0.15) is 0 Å². The number of halogens is 1. The van der Waals surface area contributed by atoms with E-state index in [1.807, 2.05) is 30.3 Å². The number of hydrazone groups is 1. The Labute approximate surface area is 138 Å². The Bertz CT molecular complexity index is 730. The molecule has 0 fully saturated rings. The second-order valence-electron chi connectivity index (χ2n) is 4.77. The van der Waals surface area contributed by atoms with E-state index in [9.17, 15) is 9.59 Å². The second-order valence-corrected chi connectivity index (χ2v) is 5.21. The van der Waals surface area contributed by atoms with Crippen LogP contribution in [-0.2, 0) is 4.79 Å². The zero-order valence-electron chi connectivity index (χ0n) is 12.2. The fourth-order valence-electron chi connectivity index (χ4n) is 1.93. The van der Waals surface area contributed by atoms with Gasteiger partial charge in [-0.3, -0.25) is 9.59 Å². The zero-order chi connectivity index (χ0) is 16.7. The Morgan fingerprint density at radius 2 is 1.70 bits per heavy atom. The molecule has 2 N–H and O–H groups in total. The van der Waals surface area contributed by atoms with Crippen LogP contribution in [0.15, 0.2) is 59.7 Å². The highest BCUT2D eigenvalue weighted by molar-refractivity contribution is 6.30. The number of amides is 1. The van der Waals surface area contributed by atoms with E-state index in [4.69, 9.17) is 16.7 Å². The maximum atomic E-state index is 12.1. The Kier molecular flexibility index (Phi) is 5.88. The van der Waals surface area contributed by atoms with Crippen LogP contribution in [0.5, 0.6) is 0 Å². The van der Waals surface area contributed by atoms with E-state index in [1.54, 1.807) is 18.2 Å². The molecular weight excluding hydrogens is 316 g/mol. The summed E-state index contributed by atoms with van der Waals surface area (Å²) in [5, 5.41) is 13.4. The molecular formula is C17H15ClN2O3. The van der Waals surface area contributed by atoms with Crippen molar-refractivity contribution in [2.45, 2.75) is 12.8 Å². The molecule has 2 aromatic rings. The quantitative estimate of drug-likeness (QED) is 0.629. The molecule has 23 heavy (non-hydrogen) atoms. The number of carbonyl (C=O) groups excluding carboxylic acids is 1. The van der Waals surface area contributed by atoms with Gasteiger partial charge in [0.2, 0.25) is 0 Å². The molecule has 5 nitrogen and oxygen atoms in total. The van der Waals surface area contributed by atoms with Crippen LogP contribution >= 0.6 is 11.6 Å². The molecule has 0 saturated carbocycles. The first kappa shape index (κ1) is 16.7. The van der Waals surface area contributed by atoms with Crippen molar-refractivity contribution in [1.29, 1.82) is 0 Å². The standard InChI is InChI=1S/C17H15ClN2O3/c18-14-8-4-7-13(11-14)17(23)20-19-15(9-10-16(21)22)12-5-2-1-3-6-12/h1-8,11H,9-10H2,(H,20,23)(H,21,22)/b19-15+. The number of hydrogen-bond acceptors (Lipinski definition) is 3. The van der Waals surface area contributed by atoms with Gasteiger partial charge in [-0.05, 0) is 23.8 Å². The molecule has 0 bridgehead atoms. The van der Waals surface area contributed by atoms with Crippen molar-refractivity contribution in [3.8, 4) is 0 Å². The number of benzene rings is 2. The van der Waals surface area contributed by atoms with E-state index in [1.165, 1.54) is 6.07 Å². The number of nitrogens with one attached hydrogen (secondary N) is 1. The fraction of sp³-hybridized carbons (Fsp3) is 0.118. The van der Waals surface area contributed by atoms with Crippen molar-refractivity contribution in [3.05, 3.63) is 70.7 Å². The molecule has 0 atom stereocenters. The molecule has 2 rings (SSSR count). The summed E-state index contributed by atoms with van der Waals surface area (Å²) >= 11 is 5.85. The van der Waals surface area contributed by atoms with Gasteiger partial charge in [-0.25, -0.2) is 5.43 Å². The van der Waals surface area contributed by atoms with Crippen molar-refractivity contribution >= 4 is 29.2 Å². The molecule has 0 unspecified atom stereocenters. The van der Waals surface area contributed by atoms with Crippen LogP contribution in [-0.4, -0.2) is 22.7 Å². The Morgan fingerprint density at radius 1 is 1.00 bits per heavy atom. The van der Waals surface area contributed by atoms with Crippen LogP contribution in [0.3, 0.4) is 0 Å². The van der Waals surface area contributed by atoms with Gasteiger partial charge < -0.3 is 5.11 Å². The van der Waals surface area contributed by atoms with Crippen molar-refractivity contribution in [1.82, 2.24) is 5.43 Å². The van der Waals surface area contributed by atoms with E-state index in [-0.39, 0.29) is 12.8 Å². The number of nitrogens with zero attached hydrogens (tertiary/aromatic N) is 1. The van der Waals surface area contributed by atoms with E-state index in [2.05, 4.69) is 10.5 Å². The van der Waals surface area contributed by atoms with Gasteiger partial charge in [0.25, 0.3) is 5.91 Å². The maximum Gasteiger partial charge on any atom is 0.303 e. The minimum Gasteiger partial charge on any atom is -0.481 e. The van der Waals surface area contributed by atoms with Gasteiger partial charge in [0.05, 0.1) is 12.1 Å². The SMILES string of the molecule is O=C(O)CC/C(=N\NC(=O)c1cccc(Cl)c1)c1ccccc1. The minimum absolute atomic E-state index is 0.0687. The first-order valence-electron chi connectivity index (χ1n) is 6.96. The number of carboxylic acid groups (broad SMARTS) is 1. The van der Waals surface area contributed by atoms with Crippen LogP contribution < -0.4 is 5.43 Å². The molecule has 0 spiro atoms. The van der Waals surface area contributed by atoms with Gasteiger partial charge in [-0.2, -0.15) is 5.10 Å². The van der Waals surface area contributed by atoms with E-state index in [0.29, 0.717) is 16.3 Å². The number of carbonyl (C=O) groups is 2. The van der Waals surface area contributed by atoms with Crippen LogP contribution in [0.25, 0.3) is 0 Å². The van der Waals surface area contributed by atoms with Crippen LogP contribution in [0.4, 0.5) is 0 Å². The van der Waals surface area contributed by atoms with E-state index in [0.717, 1.165) is 5.56 Å². The maximum absolute atomic E-state index is 12.1. The smallest absolute Gasteiger partial charge is 0.303 e. The van der Waals surface area contributed by atoms with Gasteiger partial charge in [0, 0.05) is 17.0 Å². The van der Waals surface area contributed by atoms with Gasteiger partial charge in [-0.1, -0.05) is 48.0 Å². The summed E-state index contributed by atoms with van der Waals surface area (Å²) in [5.74, 6) is -1.33. The number of hydrogen-bond donors (Lipinski definition) is 2. The molecule has 0 aliphatic heterocycles. The Morgan fingerprint density at radius 3 is 2.35 bits per heavy atom. The molecule has 0 radical (unpaired) electrons. The topological polar surface area (TPSA) is 78.8 Å². The first-order valence-corrected chi connectivity index (χ1v) is 7.34. The van der Waals surface area contributed by atoms with Gasteiger partial charge in [0.15, 0.2) is 0 Å². The van der Waals surface area contributed by atoms with Gasteiger partial charge >= 0.3 is 5.97 Å². The normalized spacial score (nSPS) is 11.1. The lowest BCUT2D eigenvalue weighted by Crippen LogP contribution is -2.20. The van der Waals surface area contributed by atoms with Crippen molar-refractivity contribution in [2.24, 2.45) is 5.10 Å². The molecule has 0 aliphatic rings. The number of carboxylic acids is 1. The second kappa shape index (κ2) is 8.10. The highest BCUT2D eigenvalue weighted by Gasteiger charge is 2.09. The predicted molar refractivity (Wildman–Crippen MR) is 88.8 cm³/mol. The Balaban J connectivity index is 2.16. The van der Waals surface area contributed by atoms with Crippen molar-refractivity contribution in [2.75, 3.05) is 0 Å². The lowest BCUT2D eigenvalue weighted by atomic mass is 10.1. The lowest BCUT2D eigenvalue weighted by Gasteiger charge is -2.07. The highest BCUT2D eigenvalue weighted by Crippen LogP contribution is 2.11. The molecule has 0 heterocycles. The third kappa shape index (κ3) is 5.23. The molecule has 0 saturated heterocycles. The molecule has 0 aliphatic carbocycles. The van der Waals surface area contributed by atoms with Crippen molar-refractivity contribution < 1.29 is 14.7 Å². The summed E-state index contributed by atoms with van der Waals surface area (Å²) in [6.45, 7) is 0. The summed E-state index contributed by atoms with van der Waals surface area (Å²) in [6.07, 6.45) is 0.149. The first-order chi connectivity index (χ1) is 11.1. The van der Waals surface area contributed by atoms with Crippen LogP contribution in [0.1, 0.15) is 28.8 Å². The third-order valence-corrected chi connectivity index (χ3v) is 3.30. The zero-order valence-corrected chi connectivity index (χ0v) is 13.0. The minimum atomic E-state index is -0.921. The molecule has 118 valence electrons. The van der Waals surface area contributed by atoms with E-state index < -0.39 is 11.9 Å². The predicted octanol–water partition coefficient (Wildman–Crippen LogP) is 3.34. The summed E-state index contributed by atoms with van der Waals surface area (Å²) in [5.41, 5.74) is 4.09. The largest absolute Gasteiger partial charge is 0.481 e. The monoisotopic (exact) mass is 330 g/mol. The molecule has 0 aromatic heterocycles. The molecule has 1 amide bonds. The summed E-state index contributed by atoms with van der Waals surface area (Å²) in [6, 6.07) is 15.6. The number of aliphatic carboxylic acids is 1. The number of rotatable bonds is 6. The third-order valence-electron chi connectivity index (χ3n) is 3.06. The Hall–Kier alpha value is -2.66. The lowest BCUT2D eigenvalue weighted by molar-refractivity contribution is -0.136. The summed E-state index contributed by atoms with van der Waals surface area (Å²) in [4.78, 5) is 22.9. The van der Waals surface area contributed by atoms with E-state index >= 15 is 0 Å². The average Bonchev–Trinajstić information content (AvgIpc) is 2.55. The fourth-order valence-corrected chi connectivity index (χ4v) is 2.12. The summed E-state index contributed by atoms with van der Waals surface area (Å²) in [7, 11) is 0. The average molecular weight is 331 g/mol. The van der Waals surface area contributed by atoms with Crippen LogP contribution in [0, 0.1) is 0 Å².